The molecule has 2 amide bonds. The van der Waals surface area contributed by atoms with Crippen molar-refractivity contribution in [2.75, 3.05) is 36.8 Å². The van der Waals surface area contributed by atoms with Crippen molar-refractivity contribution in [3.63, 3.8) is 0 Å². The first-order valence-electron chi connectivity index (χ1n) is 9.66. The number of hydrogen-bond acceptors (Lipinski definition) is 6. The standard InChI is InChI=1S/C19H21Cl2N5O4S/c20-13-3-4-14(24-19(28)25-15-2-1-5-23-18(15)21)16(27)17(13)31(29,30)26-9-11-6-12(10-26)8-22-7-11/h1-5,11-12,22,27H,6-10H2,(H2,24,25,28)/t11-,12-/m0/s1. The Balaban J connectivity index is 1.58. The van der Waals surface area contributed by atoms with Crippen LogP contribution in [0.4, 0.5) is 16.2 Å². The van der Waals surface area contributed by atoms with E-state index in [1.54, 1.807) is 12.1 Å². The first kappa shape index (κ1) is 22.1. The highest BCUT2D eigenvalue weighted by Crippen LogP contribution is 2.40. The van der Waals surface area contributed by atoms with Gasteiger partial charge in [0.1, 0.15) is 4.90 Å². The van der Waals surface area contributed by atoms with E-state index < -0.39 is 26.7 Å². The Morgan fingerprint density at radius 2 is 1.81 bits per heavy atom. The van der Waals surface area contributed by atoms with Crippen molar-refractivity contribution < 1.29 is 18.3 Å². The van der Waals surface area contributed by atoms with Gasteiger partial charge >= 0.3 is 6.03 Å². The Kier molecular flexibility index (Phi) is 6.27. The lowest BCUT2D eigenvalue weighted by Crippen LogP contribution is -2.52. The number of phenols is 1. The Morgan fingerprint density at radius 1 is 1.13 bits per heavy atom. The smallest absolute Gasteiger partial charge is 0.323 e. The van der Waals surface area contributed by atoms with E-state index in [0.717, 1.165) is 19.5 Å². The lowest BCUT2D eigenvalue weighted by Gasteiger charge is -2.41. The maximum absolute atomic E-state index is 13.3. The Labute approximate surface area is 189 Å². The number of benzene rings is 1. The summed E-state index contributed by atoms with van der Waals surface area (Å²) in [6.45, 7) is 2.19. The van der Waals surface area contributed by atoms with Crippen LogP contribution in [0.1, 0.15) is 6.42 Å². The lowest BCUT2D eigenvalue weighted by atomic mass is 9.87. The number of pyridine rings is 1. The van der Waals surface area contributed by atoms with Gasteiger partial charge in [0.2, 0.25) is 10.0 Å². The van der Waals surface area contributed by atoms with Gasteiger partial charge in [-0.25, -0.2) is 18.2 Å². The summed E-state index contributed by atoms with van der Waals surface area (Å²) in [6, 6.07) is 5.07. The van der Waals surface area contributed by atoms with Gasteiger partial charge in [-0.2, -0.15) is 4.31 Å². The number of phenolic OH excluding ortho intramolecular Hbond substituents is 1. The molecule has 4 rings (SSSR count). The zero-order chi connectivity index (χ0) is 22.2. The number of fused-ring (bicyclic) bond motifs is 2. The molecule has 2 bridgehead atoms. The minimum absolute atomic E-state index is 0.0892. The van der Waals surface area contributed by atoms with Crippen molar-refractivity contribution in [3.8, 4) is 5.75 Å². The number of piperidine rings is 2. The van der Waals surface area contributed by atoms with E-state index in [-0.39, 0.29) is 33.4 Å². The van der Waals surface area contributed by atoms with Crippen LogP contribution >= 0.6 is 23.2 Å². The van der Waals surface area contributed by atoms with Crippen molar-refractivity contribution in [1.29, 1.82) is 0 Å². The number of aromatic hydroxyl groups is 1. The molecule has 1 aromatic heterocycles. The van der Waals surface area contributed by atoms with Gasteiger partial charge in [0.25, 0.3) is 0 Å². The Morgan fingerprint density at radius 3 is 2.48 bits per heavy atom. The first-order valence-corrected chi connectivity index (χ1v) is 11.9. The number of hydrogen-bond donors (Lipinski definition) is 4. The molecule has 0 aliphatic carbocycles. The van der Waals surface area contributed by atoms with E-state index >= 15 is 0 Å². The van der Waals surface area contributed by atoms with E-state index in [4.69, 9.17) is 23.2 Å². The molecule has 2 fully saturated rings. The van der Waals surface area contributed by atoms with Gasteiger partial charge in [-0.1, -0.05) is 23.2 Å². The number of amides is 2. The van der Waals surface area contributed by atoms with E-state index in [2.05, 4.69) is 20.9 Å². The molecule has 1 aromatic carbocycles. The van der Waals surface area contributed by atoms with Crippen LogP contribution in [0.3, 0.4) is 0 Å². The zero-order valence-electron chi connectivity index (χ0n) is 16.3. The molecule has 2 aliphatic rings. The molecule has 0 spiro atoms. The quantitative estimate of drug-likeness (QED) is 0.389. The molecule has 2 saturated heterocycles. The van der Waals surface area contributed by atoms with Gasteiger partial charge in [0, 0.05) is 19.3 Å². The zero-order valence-corrected chi connectivity index (χ0v) is 18.6. The number of nitrogens with one attached hydrogen (secondary N) is 3. The summed E-state index contributed by atoms with van der Waals surface area (Å²) in [6.07, 6.45) is 2.44. The molecule has 2 aliphatic heterocycles. The summed E-state index contributed by atoms with van der Waals surface area (Å²) in [5.74, 6) is -0.201. The molecule has 0 saturated carbocycles. The molecular weight excluding hydrogens is 465 g/mol. The monoisotopic (exact) mass is 485 g/mol. The highest BCUT2D eigenvalue weighted by atomic mass is 35.5. The number of sulfonamides is 1. The van der Waals surface area contributed by atoms with Crippen LogP contribution in [-0.4, -0.2) is 55.0 Å². The largest absolute Gasteiger partial charge is 0.504 e. The summed E-state index contributed by atoms with van der Waals surface area (Å²) in [5, 5.41) is 18.9. The van der Waals surface area contributed by atoms with E-state index in [1.807, 2.05) is 0 Å². The van der Waals surface area contributed by atoms with Crippen LogP contribution in [0.5, 0.6) is 5.75 Å². The fraction of sp³-hybridized carbons (Fsp3) is 0.368. The number of halogens is 2. The summed E-state index contributed by atoms with van der Waals surface area (Å²) in [4.78, 5) is 15.8. The van der Waals surface area contributed by atoms with Gasteiger partial charge in [-0.05, 0) is 55.6 Å². The number of carbonyl (C=O) groups excluding carboxylic acids is 1. The number of aromatic nitrogens is 1. The second kappa shape index (κ2) is 8.79. The Bertz CT molecular complexity index is 1100. The number of nitrogens with zero attached hydrogens (tertiary/aromatic N) is 2. The SMILES string of the molecule is O=C(Nc1cccnc1Cl)Nc1ccc(Cl)c(S(=O)(=O)N2C[C@@H]3CNC[C@H](C3)C2)c1O. The van der Waals surface area contributed by atoms with E-state index in [9.17, 15) is 18.3 Å². The normalized spacial score (nSPS) is 21.5. The molecule has 0 unspecified atom stereocenters. The molecule has 2 atom stereocenters. The van der Waals surface area contributed by atoms with Crippen molar-refractivity contribution in [2.45, 2.75) is 11.3 Å². The molecule has 4 N–H and O–H groups in total. The third kappa shape index (κ3) is 4.58. The van der Waals surface area contributed by atoms with Crippen LogP contribution in [0.15, 0.2) is 35.4 Å². The average Bonchev–Trinajstić information content (AvgIpc) is 2.71. The summed E-state index contributed by atoms with van der Waals surface area (Å²) >= 11 is 12.1. The summed E-state index contributed by atoms with van der Waals surface area (Å²) < 4.78 is 28.0. The van der Waals surface area contributed by atoms with Gasteiger partial charge in [0.05, 0.1) is 16.4 Å². The number of carbonyl (C=O) groups is 1. The third-order valence-electron chi connectivity index (χ3n) is 5.39. The van der Waals surface area contributed by atoms with Crippen LogP contribution in [-0.2, 0) is 10.0 Å². The number of rotatable bonds is 4. The topological polar surface area (TPSA) is 124 Å². The minimum atomic E-state index is -4.07. The van der Waals surface area contributed by atoms with Crippen molar-refractivity contribution in [3.05, 3.63) is 40.6 Å². The Hall–Kier alpha value is -2.11. The highest BCUT2D eigenvalue weighted by Gasteiger charge is 2.39. The fourth-order valence-corrected chi connectivity index (χ4v) is 6.38. The van der Waals surface area contributed by atoms with Gasteiger partial charge < -0.3 is 21.1 Å². The molecule has 0 radical (unpaired) electrons. The molecular formula is C19H21Cl2N5O4S. The van der Waals surface area contributed by atoms with Gasteiger partial charge in [0.15, 0.2) is 10.9 Å². The average molecular weight is 486 g/mol. The maximum atomic E-state index is 13.3. The fourth-order valence-electron chi connectivity index (χ4n) is 4.03. The predicted octanol–water partition coefficient (Wildman–Crippen LogP) is 2.97. The minimum Gasteiger partial charge on any atom is -0.504 e. The van der Waals surface area contributed by atoms with Crippen molar-refractivity contribution in [2.24, 2.45) is 11.8 Å². The highest BCUT2D eigenvalue weighted by molar-refractivity contribution is 7.89. The predicted molar refractivity (Wildman–Crippen MR) is 118 cm³/mol. The lowest BCUT2D eigenvalue weighted by molar-refractivity contribution is 0.158. The van der Waals surface area contributed by atoms with Crippen molar-refractivity contribution >= 4 is 50.6 Å². The van der Waals surface area contributed by atoms with Gasteiger partial charge in [-0.15, -0.1) is 0 Å². The summed E-state index contributed by atoms with van der Waals surface area (Å²) in [7, 11) is -4.07. The molecule has 9 nitrogen and oxygen atoms in total. The molecule has 2 aromatic rings. The van der Waals surface area contributed by atoms with Crippen LogP contribution in [0.25, 0.3) is 0 Å². The van der Waals surface area contributed by atoms with Crippen molar-refractivity contribution in [1.82, 2.24) is 14.6 Å². The summed E-state index contributed by atoms with van der Waals surface area (Å²) in [5.41, 5.74) is 0.163. The number of anilines is 2. The second-order valence-corrected chi connectivity index (χ2v) is 10.3. The van der Waals surface area contributed by atoms with E-state index in [0.29, 0.717) is 13.1 Å². The maximum Gasteiger partial charge on any atom is 0.323 e. The van der Waals surface area contributed by atoms with Crippen LogP contribution in [0, 0.1) is 11.8 Å². The number of urea groups is 1. The van der Waals surface area contributed by atoms with Crippen LogP contribution < -0.4 is 16.0 Å². The molecule has 3 heterocycles. The first-order chi connectivity index (χ1) is 14.8. The van der Waals surface area contributed by atoms with Gasteiger partial charge in [-0.3, -0.25) is 0 Å². The molecule has 12 heteroatoms. The third-order valence-corrected chi connectivity index (χ3v) is 8.03. The second-order valence-electron chi connectivity index (χ2n) is 7.64. The molecule has 166 valence electrons. The van der Waals surface area contributed by atoms with E-state index in [1.165, 1.54) is 22.6 Å². The van der Waals surface area contributed by atoms with Crippen LogP contribution in [0.2, 0.25) is 10.2 Å². The molecule has 31 heavy (non-hydrogen) atoms.